The van der Waals surface area contributed by atoms with E-state index in [9.17, 15) is 9.59 Å². The zero-order valence-electron chi connectivity index (χ0n) is 12.4. The molecule has 2 aromatic rings. The second kappa shape index (κ2) is 6.76. The number of aromatic carboxylic acids is 1. The van der Waals surface area contributed by atoms with Crippen molar-refractivity contribution in [3.05, 3.63) is 59.7 Å². The van der Waals surface area contributed by atoms with Crippen molar-refractivity contribution in [2.45, 2.75) is 20.0 Å². The van der Waals surface area contributed by atoms with Crippen molar-refractivity contribution >= 4 is 17.6 Å². The molecule has 2 aromatic carbocycles. The average molecular weight is 299 g/mol. The van der Waals surface area contributed by atoms with Crippen LogP contribution in [0.5, 0.6) is 5.75 Å². The molecule has 0 bridgehead atoms. The maximum atomic E-state index is 12.4. The number of hydrogen-bond donors (Lipinski definition) is 2. The molecule has 0 aliphatic rings. The molecule has 0 spiro atoms. The Balaban J connectivity index is 2.29. The van der Waals surface area contributed by atoms with Crippen LogP contribution in [0.25, 0.3) is 0 Å². The molecule has 0 heterocycles. The minimum Gasteiger partial charge on any atom is -0.490 e. The summed E-state index contributed by atoms with van der Waals surface area (Å²) in [6, 6.07) is 13.1. The van der Waals surface area contributed by atoms with Crippen molar-refractivity contribution in [3.63, 3.8) is 0 Å². The summed E-state index contributed by atoms with van der Waals surface area (Å²) in [7, 11) is 0. The fourth-order valence-corrected chi connectivity index (χ4v) is 1.98. The third-order valence-electron chi connectivity index (χ3n) is 2.90. The topological polar surface area (TPSA) is 75.6 Å². The van der Waals surface area contributed by atoms with Gasteiger partial charge in [-0.15, -0.1) is 0 Å². The number of anilines is 1. The van der Waals surface area contributed by atoms with E-state index in [1.54, 1.807) is 42.5 Å². The monoisotopic (exact) mass is 299 g/mol. The number of carboxylic acid groups (broad SMARTS) is 1. The predicted octanol–water partition coefficient (Wildman–Crippen LogP) is 3.42. The Morgan fingerprint density at radius 3 is 2.23 bits per heavy atom. The fraction of sp³-hybridized carbons (Fsp3) is 0.176. The molecule has 0 saturated carbocycles. The van der Waals surface area contributed by atoms with Crippen molar-refractivity contribution in [3.8, 4) is 5.75 Å². The number of carboxylic acids is 1. The lowest BCUT2D eigenvalue weighted by Crippen LogP contribution is -2.17. The number of para-hydroxylation sites is 2. The highest BCUT2D eigenvalue weighted by Crippen LogP contribution is 2.22. The first-order chi connectivity index (χ1) is 10.5. The van der Waals surface area contributed by atoms with Gasteiger partial charge in [0.2, 0.25) is 0 Å². The number of amides is 1. The molecule has 0 unspecified atom stereocenters. The Morgan fingerprint density at radius 1 is 1.00 bits per heavy atom. The van der Waals surface area contributed by atoms with E-state index < -0.39 is 11.9 Å². The lowest BCUT2D eigenvalue weighted by molar-refractivity contribution is 0.0698. The van der Waals surface area contributed by atoms with Gasteiger partial charge in [-0.05, 0) is 38.1 Å². The highest BCUT2D eigenvalue weighted by Gasteiger charge is 2.16. The zero-order valence-corrected chi connectivity index (χ0v) is 12.4. The fourth-order valence-electron chi connectivity index (χ4n) is 1.98. The Morgan fingerprint density at radius 2 is 1.59 bits per heavy atom. The van der Waals surface area contributed by atoms with Crippen LogP contribution in [0, 0.1) is 0 Å². The van der Waals surface area contributed by atoms with E-state index in [1.165, 1.54) is 6.07 Å². The molecule has 5 heteroatoms. The van der Waals surface area contributed by atoms with E-state index in [0.29, 0.717) is 11.3 Å². The van der Waals surface area contributed by atoms with E-state index in [2.05, 4.69) is 5.32 Å². The maximum Gasteiger partial charge on any atom is 0.337 e. The second-order valence-electron chi connectivity index (χ2n) is 4.97. The number of benzene rings is 2. The van der Waals surface area contributed by atoms with Crippen LogP contribution in [0.15, 0.2) is 48.5 Å². The van der Waals surface area contributed by atoms with E-state index in [-0.39, 0.29) is 17.4 Å². The molecule has 2 rings (SSSR count). The average Bonchev–Trinajstić information content (AvgIpc) is 2.47. The van der Waals surface area contributed by atoms with E-state index in [0.717, 1.165) is 0 Å². The molecular formula is C17H17NO4. The first-order valence-corrected chi connectivity index (χ1v) is 6.88. The highest BCUT2D eigenvalue weighted by molar-refractivity contribution is 6.09. The van der Waals surface area contributed by atoms with E-state index in [4.69, 9.17) is 9.84 Å². The minimum atomic E-state index is -1.09. The molecule has 0 saturated heterocycles. The van der Waals surface area contributed by atoms with Crippen LogP contribution in [0.2, 0.25) is 0 Å². The summed E-state index contributed by atoms with van der Waals surface area (Å²) in [6.07, 6.45) is -0.0692. The van der Waals surface area contributed by atoms with Crippen LogP contribution in [-0.4, -0.2) is 23.1 Å². The van der Waals surface area contributed by atoms with Crippen LogP contribution in [0.1, 0.15) is 34.6 Å². The smallest absolute Gasteiger partial charge is 0.337 e. The summed E-state index contributed by atoms with van der Waals surface area (Å²) in [5, 5.41) is 11.8. The number of carbonyl (C=O) groups is 2. The summed E-state index contributed by atoms with van der Waals surface area (Å²) >= 11 is 0. The lowest BCUT2D eigenvalue weighted by atomic mass is 10.1. The summed E-state index contributed by atoms with van der Waals surface area (Å²) in [6.45, 7) is 3.74. The SMILES string of the molecule is CC(C)Oc1ccccc1C(=O)Nc1ccccc1C(=O)O. The molecule has 2 N–H and O–H groups in total. The zero-order chi connectivity index (χ0) is 16.1. The number of nitrogens with one attached hydrogen (secondary N) is 1. The van der Waals surface area contributed by atoms with Crippen molar-refractivity contribution in [1.82, 2.24) is 0 Å². The summed E-state index contributed by atoms with van der Waals surface area (Å²) < 4.78 is 5.60. The predicted molar refractivity (Wildman–Crippen MR) is 83.6 cm³/mol. The van der Waals surface area contributed by atoms with Crippen LogP contribution in [0.3, 0.4) is 0 Å². The third kappa shape index (κ3) is 3.63. The Labute approximate surface area is 128 Å². The van der Waals surface area contributed by atoms with Crippen molar-refractivity contribution < 1.29 is 19.4 Å². The van der Waals surface area contributed by atoms with Gasteiger partial charge in [-0.3, -0.25) is 4.79 Å². The van der Waals surface area contributed by atoms with Crippen molar-refractivity contribution in [1.29, 1.82) is 0 Å². The molecular weight excluding hydrogens is 282 g/mol. The number of carbonyl (C=O) groups excluding carboxylic acids is 1. The van der Waals surface area contributed by atoms with Gasteiger partial charge in [0.25, 0.3) is 5.91 Å². The van der Waals surface area contributed by atoms with Gasteiger partial charge in [-0.25, -0.2) is 4.79 Å². The van der Waals surface area contributed by atoms with Gasteiger partial charge < -0.3 is 15.2 Å². The molecule has 0 radical (unpaired) electrons. The van der Waals surface area contributed by atoms with Gasteiger partial charge in [0.1, 0.15) is 5.75 Å². The molecule has 0 aliphatic heterocycles. The summed E-state index contributed by atoms with van der Waals surface area (Å²) in [4.78, 5) is 23.6. The number of ether oxygens (including phenoxy) is 1. The molecule has 0 fully saturated rings. The normalized spacial score (nSPS) is 10.3. The first kappa shape index (κ1) is 15.6. The van der Waals surface area contributed by atoms with Gasteiger partial charge in [0.15, 0.2) is 0 Å². The number of hydrogen-bond acceptors (Lipinski definition) is 3. The van der Waals surface area contributed by atoms with Crippen LogP contribution < -0.4 is 10.1 Å². The molecule has 114 valence electrons. The summed E-state index contributed by atoms with van der Waals surface area (Å²) in [5.74, 6) is -1.05. The van der Waals surface area contributed by atoms with Gasteiger partial charge in [-0.1, -0.05) is 24.3 Å². The second-order valence-corrected chi connectivity index (χ2v) is 4.97. The summed E-state index contributed by atoms with van der Waals surface area (Å²) in [5.41, 5.74) is 0.647. The maximum absolute atomic E-state index is 12.4. The molecule has 0 aromatic heterocycles. The van der Waals surface area contributed by atoms with Crippen molar-refractivity contribution in [2.75, 3.05) is 5.32 Å². The molecule has 0 atom stereocenters. The van der Waals surface area contributed by atoms with Gasteiger partial charge in [0.05, 0.1) is 22.9 Å². The standard InChI is InChI=1S/C17H17NO4/c1-11(2)22-15-10-6-4-8-13(15)16(19)18-14-9-5-3-7-12(14)17(20)21/h3-11H,1-2H3,(H,18,19)(H,20,21). The number of rotatable bonds is 5. The third-order valence-corrected chi connectivity index (χ3v) is 2.90. The molecule has 0 aliphatic carbocycles. The lowest BCUT2D eigenvalue weighted by Gasteiger charge is -2.14. The van der Waals surface area contributed by atoms with Crippen molar-refractivity contribution in [2.24, 2.45) is 0 Å². The van der Waals surface area contributed by atoms with Crippen LogP contribution in [0.4, 0.5) is 5.69 Å². The first-order valence-electron chi connectivity index (χ1n) is 6.88. The van der Waals surface area contributed by atoms with Crippen LogP contribution in [-0.2, 0) is 0 Å². The highest BCUT2D eigenvalue weighted by atomic mass is 16.5. The van der Waals surface area contributed by atoms with Gasteiger partial charge in [0, 0.05) is 0 Å². The Bertz CT molecular complexity index is 695. The van der Waals surface area contributed by atoms with Gasteiger partial charge >= 0.3 is 5.97 Å². The molecule has 1 amide bonds. The van der Waals surface area contributed by atoms with Gasteiger partial charge in [-0.2, -0.15) is 0 Å². The quantitative estimate of drug-likeness (QED) is 0.887. The minimum absolute atomic E-state index is 0.0399. The molecule has 22 heavy (non-hydrogen) atoms. The Kier molecular flexibility index (Phi) is 4.78. The largest absolute Gasteiger partial charge is 0.490 e. The Hall–Kier alpha value is -2.82. The van der Waals surface area contributed by atoms with Crippen LogP contribution >= 0.6 is 0 Å². The molecule has 5 nitrogen and oxygen atoms in total. The van der Waals surface area contributed by atoms with E-state index >= 15 is 0 Å². The van der Waals surface area contributed by atoms with E-state index in [1.807, 2.05) is 13.8 Å².